The van der Waals surface area contributed by atoms with Crippen molar-refractivity contribution in [3.05, 3.63) is 39.0 Å². The van der Waals surface area contributed by atoms with Crippen molar-refractivity contribution in [3.8, 4) is 0 Å². The maximum absolute atomic E-state index is 12.4. The van der Waals surface area contributed by atoms with Gasteiger partial charge in [0.05, 0.1) is 5.51 Å². The van der Waals surface area contributed by atoms with Gasteiger partial charge in [0.25, 0.3) is 5.91 Å². The number of hydrogen-bond donors (Lipinski definition) is 0. The van der Waals surface area contributed by atoms with Gasteiger partial charge in [-0.1, -0.05) is 0 Å². The maximum Gasteiger partial charge on any atom is 0.273 e. The zero-order valence-electron chi connectivity index (χ0n) is 14.2. The largest absolute Gasteiger partial charge is 0.337 e. The molecule has 2 aliphatic rings. The maximum atomic E-state index is 12.4. The van der Waals surface area contributed by atoms with Gasteiger partial charge in [0.15, 0.2) is 0 Å². The number of nitrogens with zero attached hydrogens (tertiary/aromatic N) is 3. The van der Waals surface area contributed by atoms with Crippen molar-refractivity contribution >= 4 is 34.5 Å². The minimum Gasteiger partial charge on any atom is -0.337 e. The Bertz CT molecular complexity index is 749. The van der Waals surface area contributed by atoms with Gasteiger partial charge >= 0.3 is 0 Å². The van der Waals surface area contributed by atoms with E-state index in [9.17, 15) is 9.59 Å². The van der Waals surface area contributed by atoms with Crippen LogP contribution in [0.3, 0.4) is 0 Å². The summed E-state index contributed by atoms with van der Waals surface area (Å²) in [5.41, 5.74) is 3.67. The standard InChI is InChI=1S/C18H21N3O2S2/c1-13(22)21(9-14-2-7-24-10-14)16-8-18(16)3-5-20(6-4-18)17(23)15-11-25-12-19-15/h2,7,10-12,16H,3-6,8-9H2,1H3/t16-/m0/s1. The van der Waals surface area contributed by atoms with Crippen LogP contribution in [0.25, 0.3) is 0 Å². The lowest BCUT2D eigenvalue weighted by Crippen LogP contribution is -2.42. The molecule has 3 heterocycles. The van der Waals surface area contributed by atoms with Gasteiger partial charge in [-0.05, 0) is 47.1 Å². The summed E-state index contributed by atoms with van der Waals surface area (Å²) in [7, 11) is 0. The third kappa shape index (κ3) is 3.22. The van der Waals surface area contributed by atoms with Gasteiger partial charge in [-0.25, -0.2) is 4.98 Å². The number of thiazole rings is 1. The van der Waals surface area contributed by atoms with Crippen molar-refractivity contribution in [1.29, 1.82) is 0 Å². The van der Waals surface area contributed by atoms with Gasteiger partial charge in [-0.15, -0.1) is 11.3 Å². The Morgan fingerprint density at radius 3 is 2.72 bits per heavy atom. The highest BCUT2D eigenvalue weighted by Gasteiger charge is 2.58. The lowest BCUT2D eigenvalue weighted by molar-refractivity contribution is -0.130. The molecule has 2 aromatic rings. The third-order valence-electron chi connectivity index (χ3n) is 5.56. The van der Waals surface area contributed by atoms with Crippen LogP contribution in [0.15, 0.2) is 27.7 Å². The second kappa shape index (κ2) is 6.53. The van der Waals surface area contributed by atoms with E-state index in [1.54, 1.807) is 23.8 Å². The van der Waals surface area contributed by atoms with Crippen LogP contribution in [0.5, 0.6) is 0 Å². The molecule has 1 aliphatic carbocycles. The quantitative estimate of drug-likeness (QED) is 0.824. The summed E-state index contributed by atoms with van der Waals surface area (Å²) in [6, 6.07) is 2.41. The molecule has 4 rings (SSSR count). The first-order valence-corrected chi connectivity index (χ1v) is 10.4. The van der Waals surface area contributed by atoms with E-state index in [-0.39, 0.29) is 17.2 Å². The fourth-order valence-corrected chi connectivity index (χ4v) is 5.15. The first kappa shape index (κ1) is 16.7. The van der Waals surface area contributed by atoms with E-state index in [1.807, 2.05) is 15.2 Å². The van der Waals surface area contributed by atoms with Gasteiger partial charge in [0.2, 0.25) is 5.91 Å². The smallest absolute Gasteiger partial charge is 0.273 e. The van der Waals surface area contributed by atoms with Crippen LogP contribution in [0.4, 0.5) is 0 Å². The summed E-state index contributed by atoms with van der Waals surface area (Å²) >= 11 is 3.12. The van der Waals surface area contributed by atoms with Crippen LogP contribution < -0.4 is 0 Å². The Labute approximate surface area is 155 Å². The van der Waals surface area contributed by atoms with E-state index in [2.05, 4.69) is 21.8 Å². The summed E-state index contributed by atoms with van der Waals surface area (Å²) in [6.45, 7) is 3.89. The lowest BCUT2D eigenvalue weighted by Gasteiger charge is -2.34. The number of hydrogen-bond acceptors (Lipinski definition) is 5. The molecule has 1 spiro atoms. The zero-order chi connectivity index (χ0) is 17.4. The molecule has 0 unspecified atom stereocenters. The van der Waals surface area contributed by atoms with Gasteiger partial charge < -0.3 is 9.80 Å². The number of rotatable bonds is 4. The van der Waals surface area contributed by atoms with Gasteiger partial charge in [-0.2, -0.15) is 11.3 Å². The van der Waals surface area contributed by atoms with Gasteiger partial charge in [0.1, 0.15) is 5.69 Å². The van der Waals surface area contributed by atoms with Gasteiger partial charge in [-0.3, -0.25) is 9.59 Å². The molecule has 0 bridgehead atoms. The van der Waals surface area contributed by atoms with Crippen molar-refractivity contribution in [2.45, 2.75) is 38.8 Å². The molecule has 1 atom stereocenters. The van der Waals surface area contributed by atoms with E-state index < -0.39 is 0 Å². The van der Waals surface area contributed by atoms with Crippen LogP contribution in [0.1, 0.15) is 42.2 Å². The molecule has 2 aromatic heterocycles. The van der Waals surface area contributed by atoms with Crippen LogP contribution in [-0.2, 0) is 11.3 Å². The third-order valence-corrected chi connectivity index (χ3v) is 6.88. The zero-order valence-corrected chi connectivity index (χ0v) is 15.8. The topological polar surface area (TPSA) is 53.5 Å². The molecule has 0 N–H and O–H groups in total. The highest BCUT2D eigenvalue weighted by atomic mass is 32.1. The van der Waals surface area contributed by atoms with E-state index >= 15 is 0 Å². The second-order valence-electron chi connectivity index (χ2n) is 7.03. The Hall–Kier alpha value is -1.73. The van der Waals surface area contributed by atoms with Crippen molar-refractivity contribution in [1.82, 2.24) is 14.8 Å². The average Bonchev–Trinajstić information content (AvgIpc) is 3.07. The molecule has 7 heteroatoms. The molecule has 2 fully saturated rings. The molecule has 2 amide bonds. The number of likely N-dealkylation sites (tertiary alicyclic amines) is 1. The van der Waals surface area contributed by atoms with Crippen molar-refractivity contribution in [3.63, 3.8) is 0 Å². The number of carbonyl (C=O) groups excluding carboxylic acids is 2. The van der Waals surface area contributed by atoms with E-state index in [0.29, 0.717) is 18.3 Å². The summed E-state index contributed by atoms with van der Waals surface area (Å²) in [5.74, 6) is 0.184. The van der Waals surface area contributed by atoms with E-state index in [1.165, 1.54) is 16.9 Å². The molecule has 0 aromatic carbocycles. The first-order chi connectivity index (χ1) is 12.1. The Morgan fingerprint density at radius 1 is 1.32 bits per heavy atom. The Balaban J connectivity index is 1.38. The SMILES string of the molecule is CC(=O)N(Cc1ccsc1)[C@H]1CC12CCN(C(=O)c1cscn1)CC2. The average molecular weight is 376 g/mol. The van der Waals surface area contributed by atoms with E-state index in [0.717, 1.165) is 32.4 Å². The monoisotopic (exact) mass is 375 g/mol. The molecule has 1 saturated carbocycles. The second-order valence-corrected chi connectivity index (χ2v) is 8.53. The van der Waals surface area contributed by atoms with Crippen LogP contribution in [0.2, 0.25) is 0 Å². The first-order valence-electron chi connectivity index (χ1n) is 8.55. The van der Waals surface area contributed by atoms with Crippen LogP contribution in [-0.4, -0.2) is 45.7 Å². The molecular formula is C18H21N3O2S2. The number of carbonyl (C=O) groups is 2. The molecule has 25 heavy (non-hydrogen) atoms. The minimum absolute atomic E-state index is 0.0370. The van der Waals surface area contributed by atoms with Crippen LogP contribution in [0, 0.1) is 5.41 Å². The number of amides is 2. The highest BCUT2D eigenvalue weighted by Crippen LogP contribution is 2.57. The van der Waals surface area contributed by atoms with Crippen molar-refractivity contribution < 1.29 is 9.59 Å². The molecule has 1 saturated heterocycles. The predicted octanol–water partition coefficient (Wildman–Crippen LogP) is 3.25. The highest BCUT2D eigenvalue weighted by molar-refractivity contribution is 7.08. The summed E-state index contributed by atoms with van der Waals surface area (Å²) in [4.78, 5) is 32.7. The van der Waals surface area contributed by atoms with Crippen LogP contribution >= 0.6 is 22.7 Å². The minimum atomic E-state index is 0.0370. The number of piperidine rings is 1. The summed E-state index contributed by atoms with van der Waals surface area (Å²) in [6.07, 6.45) is 3.01. The van der Waals surface area contributed by atoms with E-state index in [4.69, 9.17) is 0 Å². The normalized spacial score (nSPS) is 21.3. The summed E-state index contributed by atoms with van der Waals surface area (Å²) in [5, 5.41) is 5.98. The Morgan fingerprint density at radius 2 is 2.12 bits per heavy atom. The molecule has 132 valence electrons. The number of thiophene rings is 1. The van der Waals surface area contributed by atoms with Crippen molar-refractivity contribution in [2.24, 2.45) is 5.41 Å². The molecular weight excluding hydrogens is 354 g/mol. The molecule has 1 aliphatic heterocycles. The lowest BCUT2D eigenvalue weighted by atomic mass is 9.92. The number of aromatic nitrogens is 1. The molecule has 0 radical (unpaired) electrons. The fourth-order valence-electron chi connectivity index (χ4n) is 3.96. The summed E-state index contributed by atoms with van der Waals surface area (Å²) < 4.78 is 0. The Kier molecular flexibility index (Phi) is 4.37. The van der Waals surface area contributed by atoms with Gasteiger partial charge in [0, 0.05) is 38.0 Å². The predicted molar refractivity (Wildman–Crippen MR) is 98.6 cm³/mol. The van der Waals surface area contributed by atoms with Crippen molar-refractivity contribution in [2.75, 3.05) is 13.1 Å². The fraction of sp³-hybridized carbons (Fsp3) is 0.500. The molecule has 5 nitrogen and oxygen atoms in total.